The van der Waals surface area contributed by atoms with Crippen molar-refractivity contribution in [2.75, 3.05) is 17.2 Å². The van der Waals surface area contributed by atoms with Crippen molar-refractivity contribution >= 4 is 11.8 Å². The summed E-state index contributed by atoms with van der Waals surface area (Å²) in [7, 11) is 0. The Morgan fingerprint density at radius 2 is 1.73 bits per heavy atom. The molecule has 2 aromatic carbocycles. The lowest BCUT2D eigenvalue weighted by atomic mass is 10.1. The molecule has 1 heterocycles. The summed E-state index contributed by atoms with van der Waals surface area (Å²) in [5, 5.41) is 15.8. The van der Waals surface area contributed by atoms with Crippen LogP contribution in [0.3, 0.4) is 0 Å². The second kappa shape index (κ2) is 8.45. The van der Waals surface area contributed by atoms with E-state index < -0.39 is 0 Å². The fourth-order valence-electron chi connectivity index (χ4n) is 2.62. The second-order valence-corrected chi connectivity index (χ2v) is 6.34. The summed E-state index contributed by atoms with van der Waals surface area (Å²) >= 11 is 0. The summed E-state index contributed by atoms with van der Waals surface area (Å²) in [5.74, 6) is 1.25. The maximum absolute atomic E-state index is 9.30. The quantitative estimate of drug-likeness (QED) is 0.605. The number of hydrogen-bond acceptors (Lipinski definition) is 5. The summed E-state index contributed by atoms with van der Waals surface area (Å²) in [6.45, 7) is 4.69. The monoisotopic (exact) mass is 348 g/mol. The predicted octanol–water partition coefficient (Wildman–Crippen LogP) is 3.86. The Balaban J connectivity index is 1.88. The number of rotatable bonds is 7. The highest BCUT2D eigenvalue weighted by molar-refractivity contribution is 5.64. The molecule has 0 amide bonds. The van der Waals surface area contributed by atoms with Crippen molar-refractivity contribution in [2.24, 2.45) is 0 Å². The van der Waals surface area contributed by atoms with Gasteiger partial charge in [-0.05, 0) is 25.0 Å². The molecule has 1 atom stereocenters. The standard InChI is InChI=1S/C21H24N4O/c1-15-8-6-7-11-18(15)13-22-20-12-19(17-9-4-3-5-10-17)24-21(25-20)23-16(2)14-26/h3-12,16,26H,13-14H2,1-2H3,(H2,22,23,24,25)/t16-/m1/s1. The van der Waals surface area contributed by atoms with Crippen molar-refractivity contribution in [3.63, 3.8) is 0 Å². The summed E-state index contributed by atoms with van der Waals surface area (Å²) in [6, 6.07) is 20.1. The van der Waals surface area contributed by atoms with Crippen molar-refractivity contribution in [1.29, 1.82) is 0 Å². The molecule has 0 aliphatic carbocycles. The van der Waals surface area contributed by atoms with Crippen LogP contribution in [0.2, 0.25) is 0 Å². The number of aromatic nitrogens is 2. The predicted molar refractivity (Wildman–Crippen MR) is 106 cm³/mol. The minimum absolute atomic E-state index is 0.0187. The molecule has 3 aromatic rings. The van der Waals surface area contributed by atoms with E-state index in [4.69, 9.17) is 0 Å². The normalized spacial score (nSPS) is 11.8. The Labute approximate surface area is 154 Å². The maximum Gasteiger partial charge on any atom is 0.225 e. The van der Waals surface area contributed by atoms with Crippen LogP contribution in [0.25, 0.3) is 11.3 Å². The zero-order valence-electron chi connectivity index (χ0n) is 15.1. The molecule has 0 aliphatic heterocycles. The Morgan fingerprint density at radius 1 is 1.00 bits per heavy atom. The molecule has 0 unspecified atom stereocenters. The van der Waals surface area contributed by atoms with E-state index in [1.54, 1.807) is 0 Å². The second-order valence-electron chi connectivity index (χ2n) is 6.34. The van der Waals surface area contributed by atoms with Gasteiger partial charge in [-0.1, -0.05) is 54.6 Å². The average Bonchev–Trinajstić information content (AvgIpc) is 2.68. The van der Waals surface area contributed by atoms with Crippen LogP contribution < -0.4 is 10.6 Å². The van der Waals surface area contributed by atoms with E-state index in [1.165, 1.54) is 11.1 Å². The fourth-order valence-corrected chi connectivity index (χ4v) is 2.62. The zero-order chi connectivity index (χ0) is 18.4. The van der Waals surface area contributed by atoms with Gasteiger partial charge in [0.1, 0.15) is 5.82 Å². The van der Waals surface area contributed by atoms with Gasteiger partial charge in [-0.15, -0.1) is 0 Å². The van der Waals surface area contributed by atoms with Crippen molar-refractivity contribution in [3.05, 3.63) is 71.8 Å². The first-order valence-electron chi connectivity index (χ1n) is 8.76. The van der Waals surface area contributed by atoms with Crippen molar-refractivity contribution < 1.29 is 5.11 Å². The Bertz CT molecular complexity index is 852. The molecule has 26 heavy (non-hydrogen) atoms. The van der Waals surface area contributed by atoms with E-state index in [2.05, 4.69) is 39.7 Å². The largest absolute Gasteiger partial charge is 0.394 e. The van der Waals surface area contributed by atoms with Gasteiger partial charge in [0.15, 0.2) is 0 Å². The number of hydrogen-bond donors (Lipinski definition) is 3. The summed E-state index contributed by atoms with van der Waals surface area (Å²) in [5.41, 5.74) is 4.32. The number of anilines is 2. The van der Waals surface area contributed by atoms with E-state index >= 15 is 0 Å². The van der Waals surface area contributed by atoms with Gasteiger partial charge < -0.3 is 15.7 Å². The molecule has 0 saturated heterocycles. The van der Waals surface area contributed by atoms with Crippen LogP contribution in [0.5, 0.6) is 0 Å². The summed E-state index contributed by atoms with van der Waals surface area (Å²) in [4.78, 5) is 9.14. The minimum atomic E-state index is -0.120. The molecule has 3 N–H and O–H groups in total. The third-order valence-corrected chi connectivity index (χ3v) is 4.17. The van der Waals surface area contributed by atoms with Crippen LogP contribution in [0, 0.1) is 6.92 Å². The molecule has 0 saturated carbocycles. The van der Waals surface area contributed by atoms with Gasteiger partial charge in [0.25, 0.3) is 0 Å². The third-order valence-electron chi connectivity index (χ3n) is 4.17. The van der Waals surface area contributed by atoms with Crippen molar-refractivity contribution in [3.8, 4) is 11.3 Å². The number of aryl methyl sites for hydroxylation is 1. The molecule has 0 spiro atoms. The van der Waals surface area contributed by atoms with Crippen LogP contribution in [0.4, 0.5) is 11.8 Å². The third kappa shape index (κ3) is 4.58. The van der Waals surface area contributed by atoms with Gasteiger partial charge in [0.05, 0.1) is 12.3 Å². The van der Waals surface area contributed by atoms with Crippen LogP contribution in [0.15, 0.2) is 60.7 Å². The lowest BCUT2D eigenvalue weighted by Gasteiger charge is -2.14. The van der Waals surface area contributed by atoms with Gasteiger partial charge in [-0.3, -0.25) is 0 Å². The summed E-state index contributed by atoms with van der Waals surface area (Å²) < 4.78 is 0. The topological polar surface area (TPSA) is 70.1 Å². The molecular formula is C21H24N4O. The fraction of sp³-hybridized carbons (Fsp3) is 0.238. The molecule has 0 radical (unpaired) electrons. The Hall–Kier alpha value is -2.92. The highest BCUT2D eigenvalue weighted by Crippen LogP contribution is 2.22. The highest BCUT2D eigenvalue weighted by Gasteiger charge is 2.09. The highest BCUT2D eigenvalue weighted by atomic mass is 16.3. The van der Waals surface area contributed by atoms with Crippen LogP contribution >= 0.6 is 0 Å². The van der Waals surface area contributed by atoms with Gasteiger partial charge in [0, 0.05) is 24.2 Å². The molecule has 5 nitrogen and oxygen atoms in total. The first-order chi connectivity index (χ1) is 12.7. The van der Waals surface area contributed by atoms with E-state index in [-0.39, 0.29) is 12.6 Å². The summed E-state index contributed by atoms with van der Waals surface area (Å²) in [6.07, 6.45) is 0. The smallest absolute Gasteiger partial charge is 0.225 e. The molecule has 5 heteroatoms. The number of nitrogens with one attached hydrogen (secondary N) is 2. The van der Waals surface area contributed by atoms with Crippen LogP contribution in [-0.2, 0) is 6.54 Å². The molecule has 0 fully saturated rings. The molecule has 0 aliphatic rings. The van der Waals surface area contributed by atoms with Gasteiger partial charge in [-0.2, -0.15) is 4.98 Å². The van der Waals surface area contributed by atoms with E-state index in [0.29, 0.717) is 12.5 Å². The maximum atomic E-state index is 9.30. The Kier molecular flexibility index (Phi) is 5.81. The van der Waals surface area contributed by atoms with Gasteiger partial charge in [-0.25, -0.2) is 4.98 Å². The number of aliphatic hydroxyl groups excluding tert-OH is 1. The molecule has 3 rings (SSSR count). The van der Waals surface area contributed by atoms with E-state index in [1.807, 2.05) is 55.5 Å². The molecule has 134 valence electrons. The molecular weight excluding hydrogens is 324 g/mol. The lowest BCUT2D eigenvalue weighted by molar-refractivity contribution is 0.281. The van der Waals surface area contributed by atoms with Gasteiger partial charge in [0.2, 0.25) is 5.95 Å². The first-order valence-corrected chi connectivity index (χ1v) is 8.76. The SMILES string of the molecule is Cc1ccccc1CNc1cc(-c2ccccc2)nc(N[C@H](C)CO)n1. The lowest BCUT2D eigenvalue weighted by Crippen LogP contribution is -2.21. The number of nitrogens with zero attached hydrogens (tertiary/aromatic N) is 2. The average molecular weight is 348 g/mol. The minimum Gasteiger partial charge on any atom is -0.394 e. The van der Waals surface area contributed by atoms with Crippen molar-refractivity contribution in [1.82, 2.24) is 9.97 Å². The van der Waals surface area contributed by atoms with Crippen LogP contribution in [0.1, 0.15) is 18.1 Å². The van der Waals surface area contributed by atoms with Crippen LogP contribution in [-0.4, -0.2) is 27.7 Å². The van der Waals surface area contributed by atoms with Crippen molar-refractivity contribution in [2.45, 2.75) is 26.4 Å². The van der Waals surface area contributed by atoms with E-state index in [0.717, 1.165) is 17.1 Å². The molecule has 1 aromatic heterocycles. The number of benzene rings is 2. The molecule has 0 bridgehead atoms. The Morgan fingerprint density at radius 3 is 2.46 bits per heavy atom. The first kappa shape index (κ1) is 17.9. The number of aliphatic hydroxyl groups is 1. The van der Waals surface area contributed by atoms with E-state index in [9.17, 15) is 5.11 Å². The zero-order valence-corrected chi connectivity index (χ0v) is 15.1. The van der Waals surface area contributed by atoms with Gasteiger partial charge >= 0.3 is 0 Å².